The molecule has 1 aliphatic rings. The Hall–Kier alpha value is -1.54. The van der Waals surface area contributed by atoms with Gasteiger partial charge in [-0.1, -0.05) is 11.8 Å². The maximum Gasteiger partial charge on any atom is 0.346 e. The van der Waals surface area contributed by atoms with Gasteiger partial charge in [0, 0.05) is 25.3 Å². The number of anilines is 1. The van der Waals surface area contributed by atoms with Gasteiger partial charge in [0.2, 0.25) is 5.91 Å². The van der Waals surface area contributed by atoms with E-state index in [2.05, 4.69) is 5.32 Å². The second kappa shape index (κ2) is 6.27. The van der Waals surface area contributed by atoms with Crippen molar-refractivity contribution in [3.8, 4) is 0 Å². The topological polar surface area (TPSA) is 86.7 Å². The molecule has 108 valence electrons. The van der Waals surface area contributed by atoms with Crippen LogP contribution in [0, 0.1) is 6.92 Å². The van der Waals surface area contributed by atoms with E-state index in [0.717, 1.165) is 17.1 Å². The first kappa shape index (κ1) is 14.9. The largest absolute Gasteiger partial charge is 0.477 e. The molecule has 1 aliphatic heterocycles. The molecule has 1 fully saturated rings. The highest BCUT2D eigenvalue weighted by Crippen LogP contribution is 2.26. The standard InChI is InChI=1S/C12H14N2O4S2/c1-7-6-9(20-10(7)11(16)17)13-8(15)2-3-14-4-5-19-12(14)18/h6H,2-5H2,1H3,(H,13,15)(H,16,17). The number of rotatable bonds is 5. The van der Waals surface area contributed by atoms with Gasteiger partial charge in [-0.3, -0.25) is 9.59 Å². The van der Waals surface area contributed by atoms with Gasteiger partial charge < -0.3 is 15.3 Å². The molecule has 0 radical (unpaired) electrons. The predicted molar refractivity (Wildman–Crippen MR) is 78.7 cm³/mol. The molecular formula is C12H14N2O4S2. The summed E-state index contributed by atoms with van der Waals surface area (Å²) in [6.45, 7) is 2.77. The van der Waals surface area contributed by atoms with Crippen molar-refractivity contribution in [3.63, 3.8) is 0 Å². The van der Waals surface area contributed by atoms with Crippen LogP contribution in [0.5, 0.6) is 0 Å². The van der Waals surface area contributed by atoms with E-state index < -0.39 is 5.97 Å². The average molecular weight is 314 g/mol. The van der Waals surface area contributed by atoms with E-state index in [1.165, 1.54) is 11.8 Å². The maximum atomic E-state index is 11.8. The van der Waals surface area contributed by atoms with Crippen molar-refractivity contribution in [1.82, 2.24) is 4.90 Å². The van der Waals surface area contributed by atoms with Crippen LogP contribution in [0.1, 0.15) is 21.7 Å². The number of thiophene rings is 1. The minimum Gasteiger partial charge on any atom is -0.477 e. The molecular weight excluding hydrogens is 300 g/mol. The molecule has 0 atom stereocenters. The molecule has 0 saturated carbocycles. The molecule has 0 aromatic carbocycles. The van der Waals surface area contributed by atoms with Crippen LogP contribution in [0.25, 0.3) is 0 Å². The van der Waals surface area contributed by atoms with Gasteiger partial charge in [0.05, 0.1) is 5.00 Å². The Labute approximate surface area is 124 Å². The number of hydrogen-bond acceptors (Lipinski definition) is 5. The zero-order valence-electron chi connectivity index (χ0n) is 10.8. The Morgan fingerprint density at radius 2 is 2.25 bits per heavy atom. The third kappa shape index (κ3) is 3.51. The summed E-state index contributed by atoms with van der Waals surface area (Å²) in [6, 6.07) is 1.64. The molecule has 2 rings (SSSR count). The summed E-state index contributed by atoms with van der Waals surface area (Å²) in [4.78, 5) is 35.9. The van der Waals surface area contributed by atoms with Gasteiger partial charge in [0.15, 0.2) is 0 Å². The molecule has 0 unspecified atom stereocenters. The number of carboxylic acid groups (broad SMARTS) is 1. The molecule has 1 saturated heterocycles. The summed E-state index contributed by atoms with van der Waals surface area (Å²) in [5.41, 5.74) is 0.629. The average Bonchev–Trinajstić information content (AvgIpc) is 2.93. The van der Waals surface area contributed by atoms with E-state index in [1.807, 2.05) is 0 Å². The zero-order chi connectivity index (χ0) is 14.7. The SMILES string of the molecule is Cc1cc(NC(=O)CCN2CCSC2=O)sc1C(=O)O. The van der Waals surface area contributed by atoms with Gasteiger partial charge in [-0.2, -0.15) is 0 Å². The molecule has 20 heavy (non-hydrogen) atoms. The Balaban J connectivity index is 1.86. The highest BCUT2D eigenvalue weighted by molar-refractivity contribution is 8.13. The first-order valence-electron chi connectivity index (χ1n) is 6.02. The summed E-state index contributed by atoms with van der Waals surface area (Å²) >= 11 is 2.30. The number of nitrogens with zero attached hydrogens (tertiary/aromatic N) is 1. The number of aromatic carboxylic acids is 1. The van der Waals surface area contributed by atoms with Crippen LogP contribution in [0.2, 0.25) is 0 Å². The third-order valence-corrected chi connectivity index (χ3v) is 4.86. The Bertz CT molecular complexity index is 556. The van der Waals surface area contributed by atoms with Crippen molar-refractivity contribution in [2.75, 3.05) is 24.2 Å². The molecule has 6 nitrogen and oxygen atoms in total. The second-order valence-electron chi connectivity index (χ2n) is 4.33. The normalized spacial score (nSPS) is 14.7. The summed E-state index contributed by atoms with van der Waals surface area (Å²) in [6.07, 6.45) is 0.214. The molecule has 0 bridgehead atoms. The van der Waals surface area contributed by atoms with E-state index in [-0.39, 0.29) is 22.4 Å². The molecule has 2 N–H and O–H groups in total. The van der Waals surface area contributed by atoms with E-state index in [0.29, 0.717) is 23.7 Å². The van der Waals surface area contributed by atoms with Crippen molar-refractivity contribution in [3.05, 3.63) is 16.5 Å². The van der Waals surface area contributed by atoms with Gasteiger partial charge in [0.25, 0.3) is 5.24 Å². The Morgan fingerprint density at radius 1 is 1.50 bits per heavy atom. The number of carbonyl (C=O) groups is 3. The molecule has 2 amide bonds. The molecule has 1 aromatic heterocycles. The van der Waals surface area contributed by atoms with Gasteiger partial charge >= 0.3 is 5.97 Å². The molecule has 1 aromatic rings. The van der Waals surface area contributed by atoms with Crippen LogP contribution in [0.4, 0.5) is 9.80 Å². The van der Waals surface area contributed by atoms with Crippen molar-refractivity contribution < 1.29 is 19.5 Å². The minimum absolute atomic E-state index is 0.0120. The van der Waals surface area contributed by atoms with Crippen molar-refractivity contribution >= 4 is 45.2 Å². The van der Waals surface area contributed by atoms with Crippen LogP contribution < -0.4 is 5.32 Å². The van der Waals surface area contributed by atoms with Crippen molar-refractivity contribution in [1.29, 1.82) is 0 Å². The van der Waals surface area contributed by atoms with Crippen LogP contribution in [0.15, 0.2) is 6.07 Å². The van der Waals surface area contributed by atoms with Gasteiger partial charge in [-0.25, -0.2) is 4.79 Å². The van der Waals surface area contributed by atoms with Crippen LogP contribution in [0.3, 0.4) is 0 Å². The van der Waals surface area contributed by atoms with Crippen molar-refractivity contribution in [2.45, 2.75) is 13.3 Å². The van der Waals surface area contributed by atoms with E-state index in [4.69, 9.17) is 5.11 Å². The van der Waals surface area contributed by atoms with E-state index >= 15 is 0 Å². The lowest BCUT2D eigenvalue weighted by Crippen LogP contribution is -2.27. The fraction of sp³-hybridized carbons (Fsp3) is 0.417. The monoisotopic (exact) mass is 314 g/mol. The van der Waals surface area contributed by atoms with Crippen LogP contribution >= 0.6 is 23.1 Å². The number of nitrogens with one attached hydrogen (secondary N) is 1. The minimum atomic E-state index is -0.993. The Morgan fingerprint density at radius 3 is 2.80 bits per heavy atom. The number of thioether (sulfide) groups is 1. The number of amides is 2. The zero-order valence-corrected chi connectivity index (χ0v) is 12.5. The second-order valence-corrected chi connectivity index (χ2v) is 6.43. The lowest BCUT2D eigenvalue weighted by Gasteiger charge is -2.13. The van der Waals surface area contributed by atoms with Crippen LogP contribution in [-0.2, 0) is 4.79 Å². The summed E-state index contributed by atoms with van der Waals surface area (Å²) < 4.78 is 0. The molecule has 0 spiro atoms. The lowest BCUT2D eigenvalue weighted by molar-refractivity contribution is -0.116. The lowest BCUT2D eigenvalue weighted by atomic mass is 10.3. The van der Waals surface area contributed by atoms with E-state index in [1.54, 1.807) is 17.9 Å². The number of carboxylic acids is 1. The smallest absolute Gasteiger partial charge is 0.346 e. The fourth-order valence-electron chi connectivity index (χ4n) is 1.82. The first-order chi connectivity index (χ1) is 9.47. The van der Waals surface area contributed by atoms with E-state index in [9.17, 15) is 14.4 Å². The maximum absolute atomic E-state index is 11.8. The highest BCUT2D eigenvalue weighted by Gasteiger charge is 2.21. The Kier molecular flexibility index (Phi) is 4.66. The van der Waals surface area contributed by atoms with Gasteiger partial charge in [-0.15, -0.1) is 11.3 Å². The summed E-state index contributed by atoms with van der Waals surface area (Å²) in [7, 11) is 0. The number of carbonyl (C=O) groups excluding carboxylic acids is 2. The van der Waals surface area contributed by atoms with Crippen LogP contribution in [-0.4, -0.2) is 46.0 Å². The molecule has 8 heteroatoms. The molecule has 0 aliphatic carbocycles. The van der Waals surface area contributed by atoms with Gasteiger partial charge in [0.1, 0.15) is 4.88 Å². The van der Waals surface area contributed by atoms with Gasteiger partial charge in [-0.05, 0) is 18.6 Å². The van der Waals surface area contributed by atoms with Crippen molar-refractivity contribution in [2.24, 2.45) is 0 Å². The fourth-order valence-corrected chi connectivity index (χ4v) is 3.60. The summed E-state index contributed by atoms with van der Waals surface area (Å²) in [5, 5.41) is 12.1. The highest BCUT2D eigenvalue weighted by atomic mass is 32.2. The molecule has 2 heterocycles. The third-order valence-electron chi connectivity index (χ3n) is 2.83. The predicted octanol–water partition coefficient (Wildman–Crippen LogP) is 2.25. The number of aryl methyl sites for hydroxylation is 1. The number of hydrogen-bond donors (Lipinski definition) is 2. The first-order valence-corrected chi connectivity index (χ1v) is 7.83. The quantitative estimate of drug-likeness (QED) is 0.870. The summed E-state index contributed by atoms with van der Waals surface area (Å²) in [5.74, 6) is -0.437.